The molecule has 1 saturated carbocycles. The Bertz CT molecular complexity index is 567. The highest BCUT2D eigenvalue weighted by molar-refractivity contribution is 5.89. The van der Waals surface area contributed by atoms with Crippen LogP contribution < -0.4 is 5.32 Å². The van der Waals surface area contributed by atoms with Gasteiger partial charge >= 0.3 is 11.9 Å². The first-order valence-electron chi connectivity index (χ1n) is 10.2. The topological polar surface area (TPSA) is 95.9 Å². The molecule has 5 atom stereocenters. The second kappa shape index (κ2) is 9.04. The monoisotopic (exact) mass is 382 g/mol. The summed E-state index contributed by atoms with van der Waals surface area (Å²) >= 11 is 0. The summed E-state index contributed by atoms with van der Waals surface area (Å²) in [5.74, 6) is -1.32. The zero-order valence-electron chi connectivity index (χ0n) is 17.0. The van der Waals surface area contributed by atoms with Gasteiger partial charge in [0.2, 0.25) is 5.91 Å². The summed E-state index contributed by atoms with van der Waals surface area (Å²) in [4.78, 5) is 38.9. The Morgan fingerprint density at radius 2 is 2.00 bits per heavy atom. The van der Waals surface area contributed by atoms with Crippen molar-refractivity contribution >= 4 is 17.8 Å². The van der Waals surface area contributed by atoms with Crippen LogP contribution in [0.4, 0.5) is 0 Å². The molecule has 0 unspecified atom stereocenters. The van der Waals surface area contributed by atoms with Crippen molar-refractivity contribution in [2.75, 3.05) is 6.61 Å². The molecule has 27 heavy (non-hydrogen) atoms. The smallest absolute Gasteiger partial charge is 0.326 e. The van der Waals surface area contributed by atoms with Gasteiger partial charge in [-0.15, -0.1) is 0 Å². The zero-order chi connectivity index (χ0) is 20.2. The van der Waals surface area contributed by atoms with Crippen LogP contribution in [0.25, 0.3) is 0 Å². The van der Waals surface area contributed by atoms with Gasteiger partial charge in [0.15, 0.2) is 0 Å². The highest BCUT2D eigenvalue weighted by Gasteiger charge is 2.55. The number of fused-ring (bicyclic) bond motifs is 1. The summed E-state index contributed by atoms with van der Waals surface area (Å²) < 4.78 is 5.11. The van der Waals surface area contributed by atoms with Gasteiger partial charge in [0, 0.05) is 5.54 Å². The molecule has 7 nitrogen and oxygen atoms in total. The predicted molar refractivity (Wildman–Crippen MR) is 101 cm³/mol. The Kier molecular flexibility index (Phi) is 7.25. The number of rotatable bonds is 8. The van der Waals surface area contributed by atoms with Crippen molar-refractivity contribution in [3.8, 4) is 0 Å². The van der Waals surface area contributed by atoms with Gasteiger partial charge in [-0.25, -0.2) is 4.79 Å². The minimum atomic E-state index is -0.943. The molecular weight excluding hydrogens is 348 g/mol. The van der Waals surface area contributed by atoms with Gasteiger partial charge in [-0.2, -0.15) is 0 Å². The van der Waals surface area contributed by atoms with Gasteiger partial charge in [-0.05, 0) is 52.4 Å². The van der Waals surface area contributed by atoms with Crippen molar-refractivity contribution in [3.05, 3.63) is 0 Å². The third-order valence-electron chi connectivity index (χ3n) is 6.23. The van der Waals surface area contributed by atoms with Crippen molar-refractivity contribution < 1.29 is 24.2 Å². The van der Waals surface area contributed by atoms with Crippen molar-refractivity contribution in [2.24, 2.45) is 5.92 Å². The van der Waals surface area contributed by atoms with Crippen LogP contribution in [-0.4, -0.2) is 58.1 Å². The van der Waals surface area contributed by atoms with Crippen LogP contribution in [0.5, 0.6) is 0 Å². The van der Waals surface area contributed by atoms with Gasteiger partial charge in [-0.1, -0.05) is 26.2 Å². The number of carbonyl (C=O) groups is 3. The molecule has 154 valence electrons. The molecule has 0 spiro atoms. The Morgan fingerprint density at radius 1 is 1.30 bits per heavy atom. The lowest BCUT2D eigenvalue weighted by Gasteiger charge is -2.44. The molecule has 1 aliphatic heterocycles. The Morgan fingerprint density at radius 3 is 2.59 bits per heavy atom. The van der Waals surface area contributed by atoms with Gasteiger partial charge in [0.1, 0.15) is 12.1 Å². The summed E-state index contributed by atoms with van der Waals surface area (Å²) in [5, 5.41) is 12.8. The molecule has 0 aromatic heterocycles. The molecule has 1 aliphatic carbocycles. The Balaban J connectivity index is 2.19. The summed E-state index contributed by atoms with van der Waals surface area (Å²) in [6.45, 7) is 7.74. The summed E-state index contributed by atoms with van der Waals surface area (Å²) in [6, 6.07) is -2.00. The lowest BCUT2D eigenvalue weighted by atomic mass is 9.74. The fourth-order valence-electron chi connectivity index (χ4n) is 4.81. The lowest BCUT2D eigenvalue weighted by Crippen LogP contribution is -2.59. The van der Waals surface area contributed by atoms with E-state index in [1.54, 1.807) is 18.7 Å². The number of carboxylic acids is 1. The highest BCUT2D eigenvalue weighted by Crippen LogP contribution is 2.48. The summed E-state index contributed by atoms with van der Waals surface area (Å²) in [5.41, 5.74) is -0.418. The number of esters is 1. The number of carboxylic acid groups (broad SMARTS) is 1. The first-order chi connectivity index (χ1) is 12.8. The van der Waals surface area contributed by atoms with Gasteiger partial charge in [0.25, 0.3) is 0 Å². The largest absolute Gasteiger partial charge is 0.480 e. The van der Waals surface area contributed by atoms with Crippen LogP contribution in [-0.2, 0) is 19.1 Å². The molecule has 0 aromatic rings. The van der Waals surface area contributed by atoms with Crippen molar-refractivity contribution in [2.45, 2.75) is 96.3 Å². The quantitative estimate of drug-likeness (QED) is 0.626. The number of nitrogens with zero attached hydrogens (tertiary/aromatic N) is 1. The Labute approximate surface area is 161 Å². The van der Waals surface area contributed by atoms with E-state index >= 15 is 0 Å². The number of ether oxygens (including phenoxy) is 1. The van der Waals surface area contributed by atoms with Gasteiger partial charge in [0.05, 0.1) is 12.6 Å². The standard InChI is InChI=1S/C20H34N2O5/c1-5-9-15(19(26)27-6-2)21-13(3)17(23)22-16(18(24)25)12-14-10-7-8-11-20(14,22)4/h13-16,21H,5-12H2,1-4H3,(H,24,25)/t13-,14-,15-,16-,20-/m0/s1. The zero-order valence-corrected chi connectivity index (χ0v) is 17.0. The maximum atomic E-state index is 13.3. The van der Waals surface area contributed by atoms with E-state index in [2.05, 4.69) is 5.32 Å². The molecule has 0 aromatic carbocycles. The SMILES string of the molecule is CCC[C@H](N[C@@H](C)C(=O)N1[C@H](C(=O)O)C[C@@H]2CCCC[C@@]21C)C(=O)OCC. The van der Waals surface area contributed by atoms with Crippen LogP contribution in [0.1, 0.15) is 72.6 Å². The van der Waals surface area contributed by atoms with Gasteiger partial charge < -0.3 is 14.7 Å². The second-order valence-electron chi connectivity index (χ2n) is 8.08. The first kappa shape index (κ1) is 21.7. The van der Waals surface area contributed by atoms with E-state index in [-0.39, 0.29) is 24.4 Å². The fraction of sp³-hybridized carbons (Fsp3) is 0.850. The number of amides is 1. The van der Waals surface area contributed by atoms with Gasteiger partial charge in [-0.3, -0.25) is 14.9 Å². The first-order valence-corrected chi connectivity index (χ1v) is 10.2. The van der Waals surface area contributed by atoms with Crippen LogP contribution in [0, 0.1) is 5.92 Å². The fourth-order valence-corrected chi connectivity index (χ4v) is 4.81. The lowest BCUT2D eigenvalue weighted by molar-refractivity contribution is -0.154. The van der Waals surface area contributed by atoms with E-state index in [1.807, 2.05) is 13.8 Å². The molecule has 0 radical (unpaired) electrons. The van der Waals surface area contributed by atoms with E-state index in [1.165, 1.54) is 0 Å². The Hall–Kier alpha value is -1.63. The number of nitrogens with one attached hydrogen (secondary N) is 1. The number of aliphatic carboxylic acids is 1. The van der Waals surface area contributed by atoms with E-state index in [0.717, 1.165) is 32.1 Å². The third kappa shape index (κ3) is 4.45. The average Bonchev–Trinajstić information content (AvgIpc) is 2.93. The number of carbonyl (C=O) groups excluding carboxylic acids is 2. The molecule has 1 heterocycles. The third-order valence-corrected chi connectivity index (χ3v) is 6.23. The second-order valence-corrected chi connectivity index (χ2v) is 8.08. The maximum Gasteiger partial charge on any atom is 0.326 e. The average molecular weight is 383 g/mol. The minimum absolute atomic E-state index is 0.222. The van der Waals surface area contributed by atoms with Crippen LogP contribution >= 0.6 is 0 Å². The summed E-state index contributed by atoms with van der Waals surface area (Å²) in [6.07, 6.45) is 5.75. The number of hydrogen-bond acceptors (Lipinski definition) is 5. The molecular formula is C20H34N2O5. The summed E-state index contributed by atoms with van der Waals surface area (Å²) in [7, 11) is 0. The predicted octanol–water partition coefficient (Wildman–Crippen LogP) is 2.33. The van der Waals surface area contributed by atoms with E-state index in [9.17, 15) is 19.5 Å². The van der Waals surface area contributed by atoms with Crippen molar-refractivity contribution in [1.82, 2.24) is 10.2 Å². The maximum absolute atomic E-state index is 13.3. The molecule has 2 aliphatic rings. The normalized spacial score (nSPS) is 29.7. The highest BCUT2D eigenvalue weighted by atomic mass is 16.5. The van der Waals surface area contributed by atoms with Crippen LogP contribution in [0.2, 0.25) is 0 Å². The van der Waals surface area contributed by atoms with E-state index in [4.69, 9.17) is 4.74 Å². The van der Waals surface area contributed by atoms with E-state index in [0.29, 0.717) is 12.8 Å². The van der Waals surface area contributed by atoms with Crippen LogP contribution in [0.3, 0.4) is 0 Å². The number of hydrogen-bond donors (Lipinski definition) is 2. The molecule has 0 bridgehead atoms. The molecule has 2 fully saturated rings. The molecule has 2 rings (SSSR count). The number of likely N-dealkylation sites (tertiary alicyclic amines) is 1. The molecule has 7 heteroatoms. The molecule has 2 N–H and O–H groups in total. The van der Waals surface area contributed by atoms with E-state index < -0.39 is 29.6 Å². The minimum Gasteiger partial charge on any atom is -0.480 e. The van der Waals surface area contributed by atoms with Crippen LogP contribution in [0.15, 0.2) is 0 Å². The van der Waals surface area contributed by atoms with Crippen molar-refractivity contribution in [1.29, 1.82) is 0 Å². The van der Waals surface area contributed by atoms with Crippen molar-refractivity contribution in [3.63, 3.8) is 0 Å². The molecule has 1 amide bonds. The molecule has 1 saturated heterocycles.